The summed E-state index contributed by atoms with van der Waals surface area (Å²) < 4.78 is 0. The third kappa shape index (κ3) is 6.85. The molecule has 0 aromatic rings. The molecule has 0 heterocycles. The maximum atomic E-state index is 6.59. The van der Waals surface area contributed by atoms with Gasteiger partial charge in [-0.1, -0.05) is 63.7 Å². The van der Waals surface area contributed by atoms with Gasteiger partial charge in [0, 0.05) is 20.3 Å². The summed E-state index contributed by atoms with van der Waals surface area (Å²) in [5, 5.41) is 1.70. The summed E-state index contributed by atoms with van der Waals surface area (Å²) in [5.41, 5.74) is 0. The molecule has 0 spiro atoms. The van der Waals surface area contributed by atoms with Crippen LogP contribution in [0.25, 0.3) is 0 Å². The van der Waals surface area contributed by atoms with Crippen molar-refractivity contribution in [3.05, 3.63) is 0 Å². The Labute approximate surface area is 136 Å². The van der Waals surface area contributed by atoms with Gasteiger partial charge in [0.05, 0.1) is 10.3 Å². The van der Waals surface area contributed by atoms with Crippen molar-refractivity contribution in [2.24, 2.45) is 0 Å². The van der Waals surface area contributed by atoms with Gasteiger partial charge in [0.15, 0.2) is 0 Å². The van der Waals surface area contributed by atoms with E-state index in [9.17, 15) is 0 Å². The topological polar surface area (TPSA) is 0 Å². The summed E-state index contributed by atoms with van der Waals surface area (Å²) in [6, 6.07) is 0. The molecule has 0 bridgehead atoms. The van der Waals surface area contributed by atoms with E-state index in [0.29, 0.717) is 9.65 Å². The molecule has 0 fully saturated rings. The Morgan fingerprint density at radius 3 is 1.60 bits per heavy atom. The van der Waals surface area contributed by atoms with E-state index in [1.807, 2.05) is 6.92 Å². The second kappa shape index (κ2) is 8.58. The van der Waals surface area contributed by atoms with Crippen molar-refractivity contribution < 1.29 is 0 Å². The molecule has 0 amide bonds. The van der Waals surface area contributed by atoms with Crippen molar-refractivity contribution in [3.63, 3.8) is 0 Å². The summed E-state index contributed by atoms with van der Waals surface area (Å²) in [6.07, 6.45) is 1.69. The molecule has 0 N–H and O–H groups in total. The normalized spacial score (nSPS) is 21.8. The SMILES string of the molecule is CC(Cl)C(Cl)(CC(Br)CBr)CC(Br)CBr. The molecule has 15 heavy (non-hydrogen) atoms. The molecular weight excluding hydrogens is 499 g/mol. The lowest BCUT2D eigenvalue weighted by Crippen LogP contribution is -2.37. The van der Waals surface area contributed by atoms with E-state index >= 15 is 0 Å². The van der Waals surface area contributed by atoms with Crippen LogP contribution < -0.4 is 0 Å². The molecule has 3 atom stereocenters. The van der Waals surface area contributed by atoms with Gasteiger partial charge in [-0.15, -0.1) is 23.2 Å². The number of rotatable bonds is 7. The highest BCUT2D eigenvalue weighted by Crippen LogP contribution is 2.38. The molecule has 0 saturated carbocycles. The quantitative estimate of drug-likeness (QED) is 0.385. The molecule has 92 valence electrons. The van der Waals surface area contributed by atoms with Crippen LogP contribution in [0.2, 0.25) is 0 Å². The molecular formula is C9H14Br4Cl2. The van der Waals surface area contributed by atoms with Gasteiger partial charge in [-0.3, -0.25) is 0 Å². The zero-order valence-electron chi connectivity index (χ0n) is 8.33. The van der Waals surface area contributed by atoms with E-state index in [0.717, 1.165) is 23.5 Å². The summed E-state index contributed by atoms with van der Waals surface area (Å²) in [5.74, 6) is 0. The van der Waals surface area contributed by atoms with Gasteiger partial charge in [0.1, 0.15) is 0 Å². The first-order valence-electron chi connectivity index (χ1n) is 4.58. The van der Waals surface area contributed by atoms with Gasteiger partial charge < -0.3 is 0 Å². The molecule has 0 radical (unpaired) electrons. The average molecular weight is 513 g/mol. The van der Waals surface area contributed by atoms with Crippen LogP contribution in [0, 0.1) is 0 Å². The first kappa shape index (κ1) is 17.5. The molecule has 0 aromatic heterocycles. The standard InChI is InChI=1S/C9H14Br4Cl2/c1-6(14)9(15,2-7(12)4-10)3-8(13)5-11/h6-8H,2-5H2,1H3. The van der Waals surface area contributed by atoms with Gasteiger partial charge in [-0.05, 0) is 19.8 Å². The van der Waals surface area contributed by atoms with Crippen LogP contribution in [0.4, 0.5) is 0 Å². The zero-order chi connectivity index (χ0) is 12.1. The number of hydrogen-bond acceptors (Lipinski definition) is 0. The largest absolute Gasteiger partial charge is 0.121 e. The van der Waals surface area contributed by atoms with Crippen molar-refractivity contribution in [2.45, 2.75) is 39.7 Å². The minimum Gasteiger partial charge on any atom is -0.121 e. The lowest BCUT2D eigenvalue weighted by atomic mass is 9.94. The Hall–Kier alpha value is 2.50. The van der Waals surface area contributed by atoms with Crippen LogP contribution in [0.3, 0.4) is 0 Å². The highest BCUT2D eigenvalue weighted by Gasteiger charge is 2.36. The van der Waals surface area contributed by atoms with Crippen molar-refractivity contribution in [2.75, 3.05) is 10.7 Å². The minimum absolute atomic E-state index is 0.0580. The zero-order valence-corrected chi connectivity index (χ0v) is 16.2. The predicted molar refractivity (Wildman–Crippen MR) is 86.2 cm³/mol. The molecule has 0 aliphatic carbocycles. The van der Waals surface area contributed by atoms with Crippen molar-refractivity contribution in [1.82, 2.24) is 0 Å². The molecule has 6 heteroatoms. The highest BCUT2D eigenvalue weighted by atomic mass is 79.9. The van der Waals surface area contributed by atoms with Crippen LogP contribution in [-0.2, 0) is 0 Å². The number of halogens is 6. The molecule has 0 rings (SSSR count). The van der Waals surface area contributed by atoms with Gasteiger partial charge in [0.25, 0.3) is 0 Å². The summed E-state index contributed by atoms with van der Waals surface area (Å²) in [6.45, 7) is 1.95. The van der Waals surface area contributed by atoms with Crippen molar-refractivity contribution >= 4 is 86.9 Å². The van der Waals surface area contributed by atoms with Gasteiger partial charge in [-0.25, -0.2) is 0 Å². The fourth-order valence-electron chi connectivity index (χ4n) is 1.25. The van der Waals surface area contributed by atoms with Gasteiger partial charge in [0.2, 0.25) is 0 Å². The van der Waals surface area contributed by atoms with Crippen LogP contribution in [-0.4, -0.2) is 30.6 Å². The third-order valence-electron chi connectivity index (χ3n) is 2.17. The Bertz CT molecular complexity index is 165. The Morgan fingerprint density at radius 2 is 1.40 bits per heavy atom. The fraction of sp³-hybridized carbons (Fsp3) is 1.00. The fourth-order valence-corrected chi connectivity index (χ4v) is 3.79. The van der Waals surface area contributed by atoms with E-state index in [1.165, 1.54) is 0 Å². The average Bonchev–Trinajstić information content (AvgIpc) is 2.16. The maximum absolute atomic E-state index is 6.59. The molecule has 0 aromatic carbocycles. The van der Waals surface area contributed by atoms with Crippen LogP contribution >= 0.6 is 86.9 Å². The summed E-state index contributed by atoms with van der Waals surface area (Å²) in [4.78, 5) is 0.336. The van der Waals surface area contributed by atoms with Crippen molar-refractivity contribution in [1.29, 1.82) is 0 Å². The second-order valence-electron chi connectivity index (χ2n) is 3.56. The summed E-state index contributed by atoms with van der Waals surface area (Å²) >= 11 is 26.8. The van der Waals surface area contributed by atoms with Crippen LogP contribution in [0.5, 0.6) is 0 Å². The van der Waals surface area contributed by atoms with E-state index in [4.69, 9.17) is 23.2 Å². The first-order valence-corrected chi connectivity index (χ1v) is 9.47. The maximum Gasteiger partial charge on any atom is 0.0629 e. The minimum atomic E-state index is -0.370. The van der Waals surface area contributed by atoms with E-state index in [2.05, 4.69) is 63.7 Å². The first-order chi connectivity index (χ1) is 6.85. The molecule has 0 saturated heterocycles. The van der Waals surface area contributed by atoms with Gasteiger partial charge >= 0.3 is 0 Å². The lowest BCUT2D eigenvalue weighted by Gasteiger charge is -2.33. The Balaban J connectivity index is 4.44. The molecule has 0 nitrogen and oxygen atoms in total. The Morgan fingerprint density at radius 1 is 1.07 bits per heavy atom. The molecule has 3 unspecified atom stereocenters. The highest BCUT2D eigenvalue weighted by molar-refractivity contribution is 9.12. The third-order valence-corrected chi connectivity index (χ3v) is 7.93. The summed E-state index contributed by atoms with van der Waals surface area (Å²) in [7, 11) is 0. The lowest BCUT2D eigenvalue weighted by molar-refractivity contribution is 0.489. The Kier molecular flexibility index (Phi) is 10.0. The van der Waals surface area contributed by atoms with Crippen LogP contribution in [0.15, 0.2) is 0 Å². The van der Waals surface area contributed by atoms with E-state index < -0.39 is 0 Å². The van der Waals surface area contributed by atoms with E-state index in [1.54, 1.807) is 0 Å². The van der Waals surface area contributed by atoms with Gasteiger partial charge in [-0.2, -0.15) is 0 Å². The molecule has 0 aliphatic rings. The van der Waals surface area contributed by atoms with E-state index in [-0.39, 0.29) is 10.3 Å². The predicted octanol–water partition coefficient (Wildman–Crippen LogP) is 5.69. The number of alkyl halides is 6. The number of hydrogen-bond donors (Lipinski definition) is 0. The second-order valence-corrected chi connectivity index (χ2v) is 8.85. The van der Waals surface area contributed by atoms with Crippen molar-refractivity contribution in [3.8, 4) is 0 Å². The smallest absolute Gasteiger partial charge is 0.0629 e. The molecule has 0 aliphatic heterocycles. The van der Waals surface area contributed by atoms with Crippen LogP contribution in [0.1, 0.15) is 19.8 Å². The monoisotopic (exact) mass is 508 g/mol.